The molecule has 74 valence electrons. The van der Waals surface area contributed by atoms with Crippen LogP contribution in [0.1, 0.15) is 13.3 Å². The highest BCUT2D eigenvalue weighted by molar-refractivity contribution is 7.75. The molecule has 0 aromatic heterocycles. The summed E-state index contributed by atoms with van der Waals surface area (Å²) < 4.78 is 53.4. The van der Waals surface area contributed by atoms with Gasteiger partial charge in [-0.1, -0.05) is 0 Å². The smallest absolute Gasteiger partial charge is 0.269 e. The second-order valence-electron chi connectivity index (χ2n) is 1.80. The van der Waals surface area contributed by atoms with Crippen molar-refractivity contribution in [2.45, 2.75) is 19.5 Å². The van der Waals surface area contributed by atoms with E-state index >= 15 is 0 Å². The fourth-order valence-corrected chi connectivity index (χ4v) is 0.836. The third-order valence-electron chi connectivity index (χ3n) is 0.779. The molecule has 0 bridgehead atoms. The Morgan fingerprint density at radius 1 is 1.33 bits per heavy atom. The summed E-state index contributed by atoms with van der Waals surface area (Å²) >= 11 is -2.05. The van der Waals surface area contributed by atoms with Gasteiger partial charge >= 0.3 is 17.5 Å². The van der Waals surface area contributed by atoms with Crippen molar-refractivity contribution in [1.82, 2.24) is 0 Å². The summed E-state index contributed by atoms with van der Waals surface area (Å²) in [6, 6.07) is 0. The Bertz CT molecular complexity index is 147. The molecule has 1 atom stereocenters. The van der Waals surface area contributed by atoms with Crippen LogP contribution in [0.4, 0.5) is 13.2 Å². The standard InChI is InChI=1S/C5H9F3O3S/c1-2-10-12(9)11-4-3-5(6,7)8/h2-4H2,1H3. The molecule has 0 rings (SSSR count). The van der Waals surface area contributed by atoms with E-state index < -0.39 is 30.6 Å². The normalized spacial score (nSPS) is 14.7. The highest BCUT2D eigenvalue weighted by Crippen LogP contribution is 2.19. The Morgan fingerprint density at radius 3 is 2.33 bits per heavy atom. The Labute approximate surface area is 70.7 Å². The summed E-state index contributed by atoms with van der Waals surface area (Å²) in [6.45, 7) is 1.06. The summed E-state index contributed by atoms with van der Waals surface area (Å²) in [4.78, 5) is 0. The van der Waals surface area contributed by atoms with E-state index in [4.69, 9.17) is 0 Å². The lowest BCUT2D eigenvalue weighted by Gasteiger charge is -2.05. The fourth-order valence-electron chi connectivity index (χ4n) is 0.356. The largest absolute Gasteiger partial charge is 0.391 e. The summed E-state index contributed by atoms with van der Waals surface area (Å²) in [5.74, 6) is 0. The van der Waals surface area contributed by atoms with Gasteiger partial charge in [-0.2, -0.15) is 17.4 Å². The molecule has 0 amide bonds. The van der Waals surface area contributed by atoms with Crippen molar-refractivity contribution in [1.29, 1.82) is 0 Å². The number of halogens is 3. The fraction of sp³-hybridized carbons (Fsp3) is 1.00. The number of rotatable bonds is 5. The van der Waals surface area contributed by atoms with Crippen molar-refractivity contribution in [2.24, 2.45) is 0 Å². The third kappa shape index (κ3) is 7.96. The minimum Gasteiger partial charge on any atom is -0.269 e. The Kier molecular flexibility index (Phi) is 5.43. The molecule has 12 heavy (non-hydrogen) atoms. The summed E-state index contributed by atoms with van der Waals surface area (Å²) in [5, 5.41) is 0. The van der Waals surface area contributed by atoms with Crippen molar-refractivity contribution in [3.05, 3.63) is 0 Å². The van der Waals surface area contributed by atoms with Gasteiger partial charge in [-0.05, 0) is 6.92 Å². The molecule has 0 saturated carbocycles. The van der Waals surface area contributed by atoms with Gasteiger partial charge in [-0.25, -0.2) is 0 Å². The average Bonchev–Trinajstić information content (AvgIpc) is 1.84. The summed E-state index contributed by atoms with van der Waals surface area (Å²) in [6.07, 6.45) is -5.40. The van der Waals surface area contributed by atoms with Crippen LogP contribution in [-0.2, 0) is 19.7 Å². The molecular formula is C5H9F3O3S. The van der Waals surface area contributed by atoms with E-state index in [1.54, 1.807) is 6.92 Å². The first-order valence-corrected chi connectivity index (χ1v) is 4.20. The SMILES string of the molecule is CCOS(=O)OCCC(F)(F)F. The second kappa shape index (κ2) is 5.50. The monoisotopic (exact) mass is 206 g/mol. The molecule has 1 unspecified atom stereocenters. The molecule has 0 aliphatic rings. The molecule has 0 aliphatic heterocycles. The zero-order valence-corrected chi connectivity index (χ0v) is 7.20. The van der Waals surface area contributed by atoms with Crippen LogP contribution in [0.15, 0.2) is 0 Å². The van der Waals surface area contributed by atoms with Crippen LogP contribution in [0.2, 0.25) is 0 Å². The molecule has 0 N–H and O–H groups in total. The van der Waals surface area contributed by atoms with E-state index in [0.29, 0.717) is 0 Å². The van der Waals surface area contributed by atoms with Gasteiger partial charge < -0.3 is 0 Å². The molecule has 0 heterocycles. The lowest BCUT2D eigenvalue weighted by Crippen LogP contribution is -2.13. The molecule has 0 aromatic rings. The van der Waals surface area contributed by atoms with Crippen LogP contribution in [0.25, 0.3) is 0 Å². The van der Waals surface area contributed by atoms with E-state index in [-0.39, 0.29) is 6.61 Å². The van der Waals surface area contributed by atoms with Gasteiger partial charge in [0.25, 0.3) is 0 Å². The maximum absolute atomic E-state index is 11.5. The predicted octanol–water partition coefficient (Wildman–Crippen LogP) is 1.57. The minimum atomic E-state index is -4.28. The molecule has 0 fully saturated rings. The molecule has 3 nitrogen and oxygen atoms in total. The van der Waals surface area contributed by atoms with Crippen molar-refractivity contribution in [3.8, 4) is 0 Å². The van der Waals surface area contributed by atoms with E-state index in [9.17, 15) is 17.4 Å². The van der Waals surface area contributed by atoms with E-state index in [1.807, 2.05) is 0 Å². The quantitative estimate of drug-likeness (QED) is 0.685. The van der Waals surface area contributed by atoms with Gasteiger partial charge in [0.2, 0.25) is 0 Å². The molecule has 0 radical (unpaired) electrons. The molecule has 0 spiro atoms. The lowest BCUT2D eigenvalue weighted by atomic mass is 10.5. The minimum absolute atomic E-state index is 0.138. The van der Waals surface area contributed by atoms with Crippen LogP contribution in [0.5, 0.6) is 0 Å². The maximum Gasteiger partial charge on any atom is 0.391 e. The maximum atomic E-state index is 11.5. The predicted molar refractivity (Wildman–Crippen MR) is 36.4 cm³/mol. The van der Waals surface area contributed by atoms with Crippen molar-refractivity contribution < 1.29 is 25.7 Å². The third-order valence-corrected chi connectivity index (χ3v) is 1.57. The van der Waals surface area contributed by atoms with Gasteiger partial charge in [0.05, 0.1) is 19.6 Å². The van der Waals surface area contributed by atoms with Crippen LogP contribution < -0.4 is 0 Å². The zero-order chi connectivity index (χ0) is 9.61. The second-order valence-corrected chi connectivity index (χ2v) is 2.68. The first-order valence-electron chi connectivity index (χ1n) is 3.20. The topological polar surface area (TPSA) is 35.5 Å². The lowest BCUT2D eigenvalue weighted by molar-refractivity contribution is -0.139. The molecule has 0 saturated heterocycles. The van der Waals surface area contributed by atoms with Gasteiger partial charge in [0.1, 0.15) is 0 Å². The van der Waals surface area contributed by atoms with Crippen molar-refractivity contribution in [3.63, 3.8) is 0 Å². The highest BCUT2D eigenvalue weighted by Gasteiger charge is 2.27. The first kappa shape index (κ1) is 11.9. The number of hydrogen-bond acceptors (Lipinski definition) is 3. The van der Waals surface area contributed by atoms with Gasteiger partial charge in [-0.3, -0.25) is 8.37 Å². The van der Waals surface area contributed by atoms with Gasteiger partial charge in [0, 0.05) is 0 Å². The van der Waals surface area contributed by atoms with E-state index in [0.717, 1.165) is 0 Å². The van der Waals surface area contributed by atoms with E-state index in [1.165, 1.54) is 0 Å². The number of hydrogen-bond donors (Lipinski definition) is 0. The Hall–Kier alpha value is -0.140. The van der Waals surface area contributed by atoms with Gasteiger partial charge in [-0.15, -0.1) is 0 Å². The molecular weight excluding hydrogens is 197 g/mol. The zero-order valence-electron chi connectivity index (χ0n) is 6.39. The van der Waals surface area contributed by atoms with E-state index in [2.05, 4.69) is 8.37 Å². The molecule has 7 heteroatoms. The van der Waals surface area contributed by atoms with Crippen molar-refractivity contribution >= 4 is 11.4 Å². The van der Waals surface area contributed by atoms with Crippen LogP contribution in [-0.4, -0.2) is 23.6 Å². The molecule has 0 aromatic carbocycles. The van der Waals surface area contributed by atoms with Crippen molar-refractivity contribution in [2.75, 3.05) is 13.2 Å². The summed E-state index contributed by atoms with van der Waals surface area (Å²) in [7, 11) is 0. The number of alkyl halides is 3. The van der Waals surface area contributed by atoms with Crippen LogP contribution in [0, 0.1) is 0 Å². The first-order chi connectivity index (χ1) is 5.45. The highest BCUT2D eigenvalue weighted by atomic mass is 32.2. The Morgan fingerprint density at radius 2 is 1.92 bits per heavy atom. The average molecular weight is 206 g/mol. The van der Waals surface area contributed by atoms with Crippen LogP contribution >= 0.6 is 0 Å². The van der Waals surface area contributed by atoms with Gasteiger partial charge in [0.15, 0.2) is 0 Å². The van der Waals surface area contributed by atoms with Crippen LogP contribution in [0.3, 0.4) is 0 Å². The Balaban J connectivity index is 3.37. The summed E-state index contributed by atoms with van der Waals surface area (Å²) in [5.41, 5.74) is 0. The molecule has 0 aliphatic carbocycles.